The van der Waals surface area contributed by atoms with Gasteiger partial charge in [0.15, 0.2) is 5.82 Å². The zero-order valence-electron chi connectivity index (χ0n) is 26.7. The molecule has 46 heavy (non-hydrogen) atoms. The molecule has 5 rings (SSSR count). The highest BCUT2D eigenvalue weighted by Crippen LogP contribution is 2.30. The molecule has 1 fully saturated rings. The van der Waals surface area contributed by atoms with Gasteiger partial charge in [-0.2, -0.15) is 0 Å². The molecule has 0 aliphatic carbocycles. The number of amides is 2. The maximum Gasteiger partial charge on any atom is 0.325 e. The summed E-state index contributed by atoms with van der Waals surface area (Å²) >= 11 is 1.38. The van der Waals surface area contributed by atoms with Crippen molar-refractivity contribution >= 4 is 34.8 Å². The third kappa shape index (κ3) is 8.17. The first-order chi connectivity index (χ1) is 22.0. The second-order valence-electron chi connectivity index (χ2n) is 12.8. The predicted octanol–water partition coefficient (Wildman–Crippen LogP) is 6.09. The van der Waals surface area contributed by atoms with E-state index in [1.54, 1.807) is 6.07 Å². The van der Waals surface area contributed by atoms with E-state index in [0.717, 1.165) is 40.2 Å². The Bertz CT molecular complexity index is 1650. The summed E-state index contributed by atoms with van der Waals surface area (Å²) in [6.45, 7) is 9.81. The van der Waals surface area contributed by atoms with Crippen LogP contribution in [-0.2, 0) is 21.4 Å². The Morgan fingerprint density at radius 3 is 2.07 bits per heavy atom. The van der Waals surface area contributed by atoms with Crippen molar-refractivity contribution in [3.8, 4) is 22.5 Å². The molecule has 2 amide bonds. The number of carboxylic acid groups (broad SMARTS) is 1. The van der Waals surface area contributed by atoms with Gasteiger partial charge in [-0.15, -0.1) is 11.3 Å². The molecule has 3 heterocycles. The minimum Gasteiger partial charge on any atom is -0.480 e. The molecule has 0 saturated carbocycles. The van der Waals surface area contributed by atoms with E-state index in [-0.39, 0.29) is 17.7 Å². The number of rotatable bonds is 10. The SMILES string of the molecule is C[C@@H](NC(=O)[C@H](Cc1ccc(-c2ncc(-c3ccc(N4CCCCC4)cc3)cn2)cc1)NC(=O)c1ccc(C(C)(C)C)s1)C(=O)O. The summed E-state index contributed by atoms with van der Waals surface area (Å²) in [5.74, 6) is -1.53. The van der Waals surface area contributed by atoms with Crippen LogP contribution in [0.25, 0.3) is 22.5 Å². The van der Waals surface area contributed by atoms with Crippen molar-refractivity contribution in [2.45, 2.75) is 70.9 Å². The van der Waals surface area contributed by atoms with Crippen molar-refractivity contribution in [3.05, 3.63) is 88.4 Å². The quantitative estimate of drug-likeness (QED) is 0.192. The molecule has 10 heteroatoms. The first kappa shape index (κ1) is 32.8. The summed E-state index contributed by atoms with van der Waals surface area (Å²) in [6.07, 6.45) is 7.60. The molecule has 0 unspecified atom stereocenters. The third-order valence-corrected chi connectivity index (χ3v) is 9.66. The Labute approximate surface area is 274 Å². The van der Waals surface area contributed by atoms with E-state index in [1.165, 1.54) is 43.2 Å². The molecule has 4 aromatic rings. The summed E-state index contributed by atoms with van der Waals surface area (Å²) < 4.78 is 0. The van der Waals surface area contributed by atoms with Crippen LogP contribution >= 0.6 is 11.3 Å². The number of aromatic nitrogens is 2. The van der Waals surface area contributed by atoms with Crippen LogP contribution in [0.2, 0.25) is 0 Å². The van der Waals surface area contributed by atoms with Crippen LogP contribution in [0.4, 0.5) is 5.69 Å². The largest absolute Gasteiger partial charge is 0.480 e. The summed E-state index contributed by atoms with van der Waals surface area (Å²) in [4.78, 5) is 50.8. The van der Waals surface area contributed by atoms with E-state index >= 15 is 0 Å². The molecule has 240 valence electrons. The van der Waals surface area contributed by atoms with E-state index in [9.17, 15) is 19.5 Å². The van der Waals surface area contributed by atoms with Gasteiger partial charge in [-0.05, 0) is 67.0 Å². The molecule has 0 radical (unpaired) electrons. The first-order valence-electron chi connectivity index (χ1n) is 15.7. The predicted molar refractivity (Wildman–Crippen MR) is 182 cm³/mol. The fourth-order valence-electron chi connectivity index (χ4n) is 5.35. The monoisotopic (exact) mass is 639 g/mol. The van der Waals surface area contributed by atoms with Gasteiger partial charge in [-0.3, -0.25) is 14.4 Å². The lowest BCUT2D eigenvalue weighted by Gasteiger charge is -2.28. The number of thiophene rings is 1. The van der Waals surface area contributed by atoms with E-state index in [4.69, 9.17) is 0 Å². The molecule has 3 N–H and O–H groups in total. The van der Waals surface area contributed by atoms with E-state index in [1.807, 2.05) is 42.7 Å². The van der Waals surface area contributed by atoms with E-state index < -0.39 is 24.0 Å². The summed E-state index contributed by atoms with van der Waals surface area (Å²) in [7, 11) is 0. The number of anilines is 1. The molecule has 1 aliphatic heterocycles. The number of hydrogen-bond donors (Lipinski definition) is 3. The van der Waals surface area contributed by atoms with Gasteiger partial charge in [0, 0.05) is 53.6 Å². The highest BCUT2D eigenvalue weighted by atomic mass is 32.1. The number of carbonyl (C=O) groups excluding carboxylic acids is 2. The molecular formula is C36H41N5O4S. The van der Waals surface area contributed by atoms with E-state index in [2.05, 4.69) is 70.5 Å². The van der Waals surface area contributed by atoms with Crippen molar-refractivity contribution in [1.29, 1.82) is 0 Å². The number of piperidine rings is 1. The molecule has 2 atom stereocenters. The number of aliphatic carboxylic acids is 1. The summed E-state index contributed by atoms with van der Waals surface area (Å²) in [5, 5.41) is 14.6. The van der Waals surface area contributed by atoms with Gasteiger partial charge >= 0.3 is 5.97 Å². The first-order valence-corrected chi connectivity index (χ1v) is 16.5. The smallest absolute Gasteiger partial charge is 0.325 e. The number of benzene rings is 2. The summed E-state index contributed by atoms with van der Waals surface area (Å²) in [5.41, 5.74) is 4.74. The molecule has 0 spiro atoms. The normalized spacial score (nSPS) is 14.7. The van der Waals surface area contributed by atoms with Crippen LogP contribution in [0.1, 0.15) is 67.1 Å². The Hall–Kier alpha value is -4.57. The minimum absolute atomic E-state index is 0.110. The maximum atomic E-state index is 13.2. The van der Waals surface area contributed by atoms with Gasteiger partial charge in [0.1, 0.15) is 12.1 Å². The van der Waals surface area contributed by atoms with Crippen molar-refractivity contribution in [2.75, 3.05) is 18.0 Å². The zero-order valence-corrected chi connectivity index (χ0v) is 27.6. The number of hydrogen-bond acceptors (Lipinski definition) is 7. The fourth-order valence-corrected chi connectivity index (χ4v) is 6.31. The van der Waals surface area contributed by atoms with Crippen molar-refractivity contribution < 1.29 is 19.5 Å². The Kier molecular flexibility index (Phi) is 10.2. The van der Waals surface area contributed by atoms with Crippen LogP contribution in [0, 0.1) is 0 Å². The number of nitrogens with one attached hydrogen (secondary N) is 2. The van der Waals surface area contributed by atoms with Crippen LogP contribution in [0.15, 0.2) is 73.1 Å². The zero-order chi connectivity index (χ0) is 32.8. The lowest BCUT2D eigenvalue weighted by atomic mass is 9.95. The number of carboxylic acids is 1. The average molecular weight is 640 g/mol. The molecular weight excluding hydrogens is 598 g/mol. The second kappa shape index (κ2) is 14.2. The molecule has 2 aromatic carbocycles. The second-order valence-corrected chi connectivity index (χ2v) is 13.9. The van der Waals surface area contributed by atoms with Crippen LogP contribution in [-0.4, -0.2) is 58.0 Å². The average Bonchev–Trinajstić information content (AvgIpc) is 3.57. The topological polar surface area (TPSA) is 125 Å². The van der Waals surface area contributed by atoms with Gasteiger partial charge in [0.2, 0.25) is 5.91 Å². The van der Waals surface area contributed by atoms with Gasteiger partial charge in [-0.1, -0.05) is 57.2 Å². The van der Waals surface area contributed by atoms with Gasteiger partial charge in [0.25, 0.3) is 5.91 Å². The lowest BCUT2D eigenvalue weighted by Crippen LogP contribution is -2.51. The highest BCUT2D eigenvalue weighted by molar-refractivity contribution is 7.14. The van der Waals surface area contributed by atoms with Crippen molar-refractivity contribution in [3.63, 3.8) is 0 Å². The van der Waals surface area contributed by atoms with Crippen molar-refractivity contribution in [1.82, 2.24) is 20.6 Å². The van der Waals surface area contributed by atoms with Crippen LogP contribution in [0.5, 0.6) is 0 Å². The Balaban J connectivity index is 1.27. The molecule has 1 saturated heterocycles. The summed E-state index contributed by atoms with van der Waals surface area (Å²) in [6, 6.07) is 17.6. The fraction of sp³-hybridized carbons (Fsp3) is 0.361. The van der Waals surface area contributed by atoms with Crippen LogP contribution < -0.4 is 15.5 Å². The number of carbonyl (C=O) groups is 3. The maximum absolute atomic E-state index is 13.2. The minimum atomic E-state index is -1.16. The van der Waals surface area contributed by atoms with Gasteiger partial charge in [-0.25, -0.2) is 9.97 Å². The standard InChI is InChI=1S/C36H41N5O4S/c1-23(35(44)45)39-33(42)29(40-34(43)30-16-17-31(46-30)36(2,3)4)20-24-8-10-26(11-9-24)32-37-21-27(22-38-32)25-12-14-28(15-13-25)41-18-6-5-7-19-41/h8-17,21-23,29H,5-7,18-20H2,1-4H3,(H,39,42)(H,40,43)(H,44,45)/t23-,29+/m1/s1. The van der Waals surface area contributed by atoms with Gasteiger partial charge in [0.05, 0.1) is 4.88 Å². The molecule has 2 aromatic heterocycles. The Morgan fingerprint density at radius 2 is 1.48 bits per heavy atom. The van der Waals surface area contributed by atoms with Crippen molar-refractivity contribution in [2.24, 2.45) is 0 Å². The van der Waals surface area contributed by atoms with Gasteiger partial charge < -0.3 is 20.6 Å². The van der Waals surface area contributed by atoms with Crippen LogP contribution in [0.3, 0.4) is 0 Å². The molecule has 1 aliphatic rings. The lowest BCUT2D eigenvalue weighted by molar-refractivity contribution is -0.141. The van der Waals surface area contributed by atoms with E-state index in [0.29, 0.717) is 10.7 Å². The molecule has 0 bridgehead atoms. The number of nitrogens with zero attached hydrogens (tertiary/aromatic N) is 3. The Morgan fingerprint density at radius 1 is 0.848 bits per heavy atom. The molecule has 9 nitrogen and oxygen atoms in total. The third-order valence-electron chi connectivity index (χ3n) is 8.15. The highest BCUT2D eigenvalue weighted by Gasteiger charge is 2.26.